The van der Waals surface area contributed by atoms with Crippen molar-refractivity contribution in [1.29, 1.82) is 0 Å². The molecule has 2 atom stereocenters. The van der Waals surface area contributed by atoms with Crippen molar-refractivity contribution in [2.45, 2.75) is 44.7 Å². The van der Waals surface area contributed by atoms with Crippen molar-refractivity contribution < 1.29 is 17.4 Å². The Hall–Kier alpha value is -0.360. The largest absolute Gasteiger partial charge is 0.408 e. The molecular formula is C9H16F3NOS. The number of rotatable bonds is 3. The Bertz CT molecular complexity index is 268. The van der Waals surface area contributed by atoms with Gasteiger partial charge in [-0.2, -0.15) is 13.2 Å². The third-order valence-corrected chi connectivity index (χ3v) is 3.16. The van der Waals surface area contributed by atoms with E-state index in [1.54, 1.807) is 20.8 Å². The minimum atomic E-state index is -4.47. The number of hydrogen-bond donors (Lipinski definition) is 1. The van der Waals surface area contributed by atoms with E-state index < -0.39 is 28.0 Å². The van der Waals surface area contributed by atoms with Gasteiger partial charge in [-0.05, 0) is 27.7 Å². The van der Waals surface area contributed by atoms with Crippen molar-refractivity contribution in [1.82, 2.24) is 4.72 Å². The van der Waals surface area contributed by atoms with E-state index in [-0.39, 0.29) is 5.57 Å². The molecule has 0 fully saturated rings. The first-order valence-corrected chi connectivity index (χ1v) is 5.51. The van der Waals surface area contributed by atoms with Crippen LogP contribution in [-0.2, 0) is 11.0 Å². The highest BCUT2D eigenvalue weighted by atomic mass is 32.2. The molecule has 0 aromatic rings. The predicted octanol–water partition coefficient (Wildman–Crippen LogP) is 2.55. The number of halogens is 3. The molecule has 90 valence electrons. The van der Waals surface area contributed by atoms with Crippen molar-refractivity contribution in [3.8, 4) is 0 Å². The molecule has 0 amide bonds. The second-order valence-electron chi connectivity index (χ2n) is 4.32. The van der Waals surface area contributed by atoms with Crippen LogP contribution in [0.5, 0.6) is 0 Å². The molecule has 0 aromatic carbocycles. The fraction of sp³-hybridized carbons (Fsp3) is 0.778. The molecule has 0 aliphatic carbocycles. The number of alkyl halides is 3. The summed E-state index contributed by atoms with van der Waals surface area (Å²) in [6, 6.07) is -1.92. The van der Waals surface area contributed by atoms with Gasteiger partial charge in [0.1, 0.15) is 6.04 Å². The van der Waals surface area contributed by atoms with Gasteiger partial charge in [-0.15, -0.1) is 0 Å². The lowest BCUT2D eigenvalue weighted by Crippen LogP contribution is -2.47. The SMILES string of the molecule is C=C(C)[C@H](NS(=O)C(C)(C)C)C(F)(F)F. The van der Waals surface area contributed by atoms with Crippen molar-refractivity contribution in [3.05, 3.63) is 12.2 Å². The van der Waals surface area contributed by atoms with Crippen LogP contribution in [0, 0.1) is 0 Å². The predicted molar refractivity (Wildman–Crippen MR) is 55.7 cm³/mol. The molecule has 0 saturated heterocycles. The first-order chi connectivity index (χ1) is 6.46. The summed E-state index contributed by atoms with van der Waals surface area (Å²) in [7, 11) is -1.77. The fourth-order valence-electron chi connectivity index (χ4n) is 0.731. The molecule has 0 heterocycles. The molecule has 0 spiro atoms. The number of hydrogen-bond acceptors (Lipinski definition) is 1. The molecule has 2 nitrogen and oxygen atoms in total. The highest BCUT2D eigenvalue weighted by Crippen LogP contribution is 2.26. The molecule has 0 bridgehead atoms. The smallest absolute Gasteiger partial charge is 0.242 e. The summed E-state index contributed by atoms with van der Waals surface area (Å²) < 4.78 is 50.2. The molecule has 0 aromatic heterocycles. The van der Waals surface area contributed by atoms with Crippen LogP contribution in [-0.4, -0.2) is 21.2 Å². The molecular weight excluding hydrogens is 227 g/mol. The van der Waals surface area contributed by atoms with Gasteiger partial charge in [-0.25, -0.2) is 8.93 Å². The maximum atomic E-state index is 12.5. The average molecular weight is 243 g/mol. The van der Waals surface area contributed by atoms with Crippen molar-refractivity contribution in [2.75, 3.05) is 0 Å². The maximum absolute atomic E-state index is 12.5. The van der Waals surface area contributed by atoms with Crippen LogP contribution < -0.4 is 4.72 Å². The van der Waals surface area contributed by atoms with E-state index >= 15 is 0 Å². The van der Waals surface area contributed by atoms with Gasteiger partial charge in [0, 0.05) is 0 Å². The van der Waals surface area contributed by atoms with Gasteiger partial charge in [0.05, 0.1) is 15.7 Å². The molecule has 0 aliphatic rings. The molecule has 15 heavy (non-hydrogen) atoms. The first kappa shape index (κ1) is 14.6. The summed E-state index contributed by atoms with van der Waals surface area (Å²) in [5.74, 6) is 0. The molecule has 0 radical (unpaired) electrons. The van der Waals surface area contributed by atoms with Gasteiger partial charge in [0.2, 0.25) is 0 Å². The third-order valence-electron chi connectivity index (χ3n) is 1.60. The van der Waals surface area contributed by atoms with Crippen LogP contribution in [0.2, 0.25) is 0 Å². The minimum absolute atomic E-state index is 0.0971. The summed E-state index contributed by atoms with van der Waals surface area (Å²) in [6.45, 7) is 9.29. The normalized spacial score (nSPS) is 17.3. The second-order valence-corrected chi connectivity index (χ2v) is 6.32. The van der Waals surface area contributed by atoms with Crippen LogP contribution in [0.1, 0.15) is 27.7 Å². The minimum Gasteiger partial charge on any atom is -0.242 e. The lowest BCUT2D eigenvalue weighted by Gasteiger charge is -2.26. The van der Waals surface area contributed by atoms with E-state index in [1.807, 2.05) is 4.72 Å². The number of nitrogens with one attached hydrogen (secondary N) is 1. The zero-order valence-electron chi connectivity index (χ0n) is 9.23. The van der Waals surface area contributed by atoms with Gasteiger partial charge >= 0.3 is 6.18 Å². The van der Waals surface area contributed by atoms with E-state index in [0.29, 0.717) is 0 Å². The Morgan fingerprint density at radius 2 is 1.73 bits per heavy atom. The third kappa shape index (κ3) is 4.79. The van der Waals surface area contributed by atoms with E-state index in [0.717, 1.165) is 0 Å². The molecule has 0 rings (SSSR count). The molecule has 0 aliphatic heterocycles. The zero-order chi connectivity index (χ0) is 12.4. The second kappa shape index (κ2) is 4.65. The van der Waals surface area contributed by atoms with Crippen molar-refractivity contribution >= 4 is 11.0 Å². The van der Waals surface area contributed by atoms with Crippen LogP contribution >= 0.6 is 0 Å². The van der Waals surface area contributed by atoms with Crippen molar-refractivity contribution in [3.63, 3.8) is 0 Å². The Balaban J connectivity index is 4.74. The zero-order valence-corrected chi connectivity index (χ0v) is 10.1. The molecule has 6 heteroatoms. The van der Waals surface area contributed by atoms with Gasteiger partial charge in [-0.1, -0.05) is 12.2 Å². The lowest BCUT2D eigenvalue weighted by molar-refractivity contribution is -0.142. The van der Waals surface area contributed by atoms with Crippen LogP contribution in [0.4, 0.5) is 13.2 Å². The Labute approximate surface area is 90.5 Å². The Morgan fingerprint density at radius 3 is 1.93 bits per heavy atom. The molecule has 0 saturated carbocycles. The Morgan fingerprint density at radius 1 is 1.33 bits per heavy atom. The van der Waals surface area contributed by atoms with E-state index in [2.05, 4.69) is 6.58 Å². The van der Waals surface area contributed by atoms with Gasteiger partial charge < -0.3 is 0 Å². The lowest BCUT2D eigenvalue weighted by atomic mass is 10.1. The van der Waals surface area contributed by atoms with Crippen LogP contribution in [0.25, 0.3) is 0 Å². The topological polar surface area (TPSA) is 29.1 Å². The van der Waals surface area contributed by atoms with E-state index in [1.165, 1.54) is 6.92 Å². The highest BCUT2D eigenvalue weighted by Gasteiger charge is 2.42. The Kier molecular flexibility index (Phi) is 4.54. The highest BCUT2D eigenvalue weighted by molar-refractivity contribution is 7.84. The maximum Gasteiger partial charge on any atom is 0.408 e. The summed E-state index contributed by atoms with van der Waals surface area (Å²) in [5, 5.41) is 0. The van der Waals surface area contributed by atoms with Gasteiger partial charge in [-0.3, -0.25) is 0 Å². The van der Waals surface area contributed by atoms with Crippen molar-refractivity contribution in [2.24, 2.45) is 0 Å². The summed E-state index contributed by atoms with van der Waals surface area (Å²) in [6.07, 6.45) is -4.47. The fourth-order valence-corrected chi connectivity index (χ4v) is 1.63. The quantitative estimate of drug-likeness (QED) is 0.758. The summed E-state index contributed by atoms with van der Waals surface area (Å²) in [4.78, 5) is 0. The molecule has 1 unspecified atom stereocenters. The van der Waals surface area contributed by atoms with E-state index in [9.17, 15) is 17.4 Å². The first-order valence-electron chi connectivity index (χ1n) is 4.36. The molecule has 1 N–H and O–H groups in total. The summed E-state index contributed by atoms with van der Waals surface area (Å²) in [5.41, 5.74) is -0.0971. The van der Waals surface area contributed by atoms with E-state index in [4.69, 9.17) is 0 Å². The average Bonchev–Trinajstić information content (AvgIpc) is 1.94. The van der Waals surface area contributed by atoms with Crippen LogP contribution in [0.15, 0.2) is 12.2 Å². The monoisotopic (exact) mass is 243 g/mol. The standard InChI is InChI=1S/C9H16F3NOS/c1-6(2)7(9(10,11)12)13-15(14)8(3,4)5/h7,13H,1H2,2-5H3/t7-,15?/m0/s1. The summed E-state index contributed by atoms with van der Waals surface area (Å²) >= 11 is 0. The van der Waals surface area contributed by atoms with Gasteiger partial charge in [0.15, 0.2) is 0 Å². The van der Waals surface area contributed by atoms with Gasteiger partial charge in [0.25, 0.3) is 0 Å². The van der Waals surface area contributed by atoms with Crippen LogP contribution in [0.3, 0.4) is 0 Å².